The first-order valence-electron chi connectivity index (χ1n) is 6.94. The molecule has 1 aromatic carbocycles. The molecule has 0 spiro atoms. The van der Waals surface area contributed by atoms with Crippen LogP contribution in [0.1, 0.15) is 25.9 Å². The molecule has 5 heteroatoms. The van der Waals surface area contributed by atoms with E-state index in [4.69, 9.17) is 4.74 Å². The van der Waals surface area contributed by atoms with Gasteiger partial charge >= 0.3 is 0 Å². The van der Waals surface area contributed by atoms with E-state index >= 15 is 0 Å². The molecule has 22 heavy (non-hydrogen) atoms. The van der Waals surface area contributed by atoms with Crippen LogP contribution in [-0.2, 0) is 0 Å². The molecule has 1 heterocycles. The summed E-state index contributed by atoms with van der Waals surface area (Å²) in [5.74, 6) is 6.47. The lowest BCUT2D eigenvalue weighted by Gasteiger charge is -2.04. The number of nitrogens with zero attached hydrogens (tertiary/aromatic N) is 1. The van der Waals surface area contributed by atoms with Gasteiger partial charge in [-0.3, -0.25) is 4.79 Å². The second-order valence-corrected chi connectivity index (χ2v) is 5.94. The fourth-order valence-electron chi connectivity index (χ4n) is 1.89. The lowest BCUT2D eigenvalue weighted by molar-refractivity contribution is 0.0962. The van der Waals surface area contributed by atoms with Gasteiger partial charge in [0.15, 0.2) is 0 Å². The summed E-state index contributed by atoms with van der Waals surface area (Å²) >= 11 is 1.39. The summed E-state index contributed by atoms with van der Waals surface area (Å²) in [4.78, 5) is 16.8. The van der Waals surface area contributed by atoms with Crippen LogP contribution in [0.4, 0.5) is 0 Å². The summed E-state index contributed by atoms with van der Waals surface area (Å²) in [5, 5.41) is 3.65. The van der Waals surface area contributed by atoms with Crippen molar-refractivity contribution in [2.24, 2.45) is 0 Å². The maximum absolute atomic E-state index is 11.9. The molecule has 0 radical (unpaired) electrons. The maximum atomic E-state index is 11.9. The predicted octanol–water partition coefficient (Wildman–Crippen LogP) is 2.88. The Morgan fingerprint density at radius 1 is 1.27 bits per heavy atom. The molecule has 0 saturated heterocycles. The van der Waals surface area contributed by atoms with Gasteiger partial charge in [0.1, 0.15) is 17.2 Å². The molecular formula is C17H18N2O2S. The molecule has 1 aromatic heterocycles. The standard InChI is InChI=1S/C17H18N2O2S/c1-12-8-4-5-9-15(12)21-11-7-6-10-18-17(20)16-13(2)19-14(3)22-16/h4-5,8-9H,10-11H2,1-3H3,(H,18,20). The lowest BCUT2D eigenvalue weighted by atomic mass is 10.2. The highest BCUT2D eigenvalue weighted by molar-refractivity contribution is 7.13. The maximum Gasteiger partial charge on any atom is 0.264 e. The lowest BCUT2D eigenvalue weighted by Crippen LogP contribution is -2.23. The van der Waals surface area contributed by atoms with Crippen molar-refractivity contribution >= 4 is 17.2 Å². The van der Waals surface area contributed by atoms with Crippen LogP contribution in [0.3, 0.4) is 0 Å². The molecule has 0 aliphatic heterocycles. The third-order valence-electron chi connectivity index (χ3n) is 2.97. The van der Waals surface area contributed by atoms with Gasteiger partial charge in [-0.2, -0.15) is 0 Å². The number of para-hydroxylation sites is 1. The van der Waals surface area contributed by atoms with Gasteiger partial charge in [0.25, 0.3) is 5.91 Å². The molecule has 0 atom stereocenters. The summed E-state index contributed by atoms with van der Waals surface area (Å²) < 4.78 is 5.56. The van der Waals surface area contributed by atoms with Gasteiger partial charge in [-0.1, -0.05) is 30.0 Å². The number of thiazole rings is 1. The van der Waals surface area contributed by atoms with E-state index in [1.807, 2.05) is 45.0 Å². The molecule has 0 unspecified atom stereocenters. The van der Waals surface area contributed by atoms with Crippen molar-refractivity contribution in [3.8, 4) is 17.6 Å². The Kier molecular flexibility index (Phi) is 5.56. The van der Waals surface area contributed by atoms with E-state index in [2.05, 4.69) is 22.1 Å². The average Bonchev–Trinajstić information content (AvgIpc) is 2.83. The largest absolute Gasteiger partial charge is 0.481 e. The van der Waals surface area contributed by atoms with Crippen LogP contribution in [0.2, 0.25) is 0 Å². The van der Waals surface area contributed by atoms with Crippen molar-refractivity contribution in [1.29, 1.82) is 0 Å². The Morgan fingerprint density at radius 2 is 2.05 bits per heavy atom. The molecule has 114 valence electrons. The molecule has 0 bridgehead atoms. The van der Waals surface area contributed by atoms with E-state index in [0.717, 1.165) is 22.0 Å². The molecule has 0 aliphatic carbocycles. The fourth-order valence-corrected chi connectivity index (χ4v) is 2.73. The van der Waals surface area contributed by atoms with Crippen molar-refractivity contribution in [2.45, 2.75) is 20.8 Å². The van der Waals surface area contributed by atoms with Gasteiger partial charge in [0.2, 0.25) is 0 Å². The molecule has 1 amide bonds. The number of carbonyl (C=O) groups excluding carboxylic acids is 1. The third kappa shape index (κ3) is 4.34. The SMILES string of the molecule is Cc1nc(C)c(C(=O)NCC#CCOc2ccccc2C)s1. The number of aromatic nitrogens is 1. The number of ether oxygens (including phenoxy) is 1. The highest BCUT2D eigenvalue weighted by Gasteiger charge is 2.12. The van der Waals surface area contributed by atoms with Gasteiger partial charge in [-0.05, 0) is 32.4 Å². The Labute approximate surface area is 134 Å². The molecule has 1 N–H and O–H groups in total. The zero-order valence-electron chi connectivity index (χ0n) is 12.9. The highest BCUT2D eigenvalue weighted by atomic mass is 32.1. The second-order valence-electron chi connectivity index (χ2n) is 4.74. The zero-order valence-corrected chi connectivity index (χ0v) is 13.7. The number of hydrogen-bond acceptors (Lipinski definition) is 4. The quantitative estimate of drug-likeness (QED) is 0.883. The molecule has 0 saturated carbocycles. The van der Waals surface area contributed by atoms with Crippen LogP contribution in [0.25, 0.3) is 0 Å². The van der Waals surface area contributed by atoms with Crippen LogP contribution >= 0.6 is 11.3 Å². The first-order chi connectivity index (χ1) is 10.6. The van der Waals surface area contributed by atoms with Crippen LogP contribution in [0.5, 0.6) is 5.75 Å². The summed E-state index contributed by atoms with van der Waals surface area (Å²) in [7, 11) is 0. The molecule has 2 rings (SSSR count). The number of benzene rings is 1. The summed E-state index contributed by atoms with van der Waals surface area (Å²) in [6.07, 6.45) is 0. The minimum atomic E-state index is -0.128. The van der Waals surface area contributed by atoms with Gasteiger partial charge in [-0.15, -0.1) is 11.3 Å². The summed E-state index contributed by atoms with van der Waals surface area (Å²) in [5.41, 5.74) is 1.84. The monoisotopic (exact) mass is 314 g/mol. The Hall–Kier alpha value is -2.32. The Morgan fingerprint density at radius 3 is 2.73 bits per heavy atom. The first kappa shape index (κ1) is 16.1. The van der Waals surface area contributed by atoms with Crippen molar-refractivity contribution in [1.82, 2.24) is 10.3 Å². The number of amides is 1. The smallest absolute Gasteiger partial charge is 0.264 e. The number of hydrogen-bond donors (Lipinski definition) is 1. The van der Waals surface area contributed by atoms with Crippen LogP contribution < -0.4 is 10.1 Å². The highest BCUT2D eigenvalue weighted by Crippen LogP contribution is 2.16. The van der Waals surface area contributed by atoms with E-state index < -0.39 is 0 Å². The first-order valence-corrected chi connectivity index (χ1v) is 7.76. The van der Waals surface area contributed by atoms with E-state index in [1.54, 1.807) is 0 Å². The minimum absolute atomic E-state index is 0.128. The van der Waals surface area contributed by atoms with E-state index in [-0.39, 0.29) is 5.91 Å². The summed E-state index contributed by atoms with van der Waals surface area (Å²) in [6.45, 7) is 6.31. The van der Waals surface area contributed by atoms with Crippen LogP contribution in [0.15, 0.2) is 24.3 Å². The van der Waals surface area contributed by atoms with Gasteiger partial charge in [0, 0.05) is 0 Å². The number of carbonyl (C=O) groups is 1. The van der Waals surface area contributed by atoms with E-state index in [0.29, 0.717) is 18.0 Å². The zero-order chi connectivity index (χ0) is 15.9. The van der Waals surface area contributed by atoms with Crippen molar-refractivity contribution in [2.75, 3.05) is 13.2 Å². The van der Waals surface area contributed by atoms with Gasteiger partial charge in [0.05, 0.1) is 17.2 Å². The Bertz CT molecular complexity index is 726. The predicted molar refractivity (Wildman–Crippen MR) is 88.4 cm³/mol. The molecule has 4 nitrogen and oxygen atoms in total. The second kappa shape index (κ2) is 7.62. The molecule has 0 aliphatic rings. The number of rotatable bonds is 4. The van der Waals surface area contributed by atoms with Crippen molar-refractivity contribution in [3.63, 3.8) is 0 Å². The van der Waals surface area contributed by atoms with Gasteiger partial charge in [-0.25, -0.2) is 4.98 Å². The van der Waals surface area contributed by atoms with Crippen molar-refractivity contribution in [3.05, 3.63) is 45.4 Å². The summed E-state index contributed by atoms with van der Waals surface area (Å²) in [6, 6.07) is 7.79. The van der Waals surface area contributed by atoms with Crippen LogP contribution in [0, 0.1) is 32.6 Å². The molecule has 2 aromatic rings. The third-order valence-corrected chi connectivity index (χ3v) is 4.04. The van der Waals surface area contributed by atoms with Crippen LogP contribution in [-0.4, -0.2) is 24.0 Å². The minimum Gasteiger partial charge on any atom is -0.481 e. The fraction of sp³-hybridized carbons (Fsp3) is 0.294. The molecule has 0 fully saturated rings. The molecular weight excluding hydrogens is 296 g/mol. The topological polar surface area (TPSA) is 51.2 Å². The normalized spacial score (nSPS) is 9.77. The van der Waals surface area contributed by atoms with Gasteiger partial charge < -0.3 is 10.1 Å². The van der Waals surface area contributed by atoms with E-state index in [1.165, 1.54) is 11.3 Å². The Balaban J connectivity index is 1.77. The average molecular weight is 314 g/mol. The van der Waals surface area contributed by atoms with E-state index in [9.17, 15) is 4.79 Å². The number of nitrogens with one attached hydrogen (secondary N) is 1. The van der Waals surface area contributed by atoms with Crippen molar-refractivity contribution < 1.29 is 9.53 Å². The number of aryl methyl sites for hydroxylation is 3.